The third-order valence-corrected chi connectivity index (χ3v) is 4.39. The van der Waals surface area contributed by atoms with Crippen LogP contribution < -0.4 is 5.32 Å². The number of anilines is 1. The predicted octanol–water partition coefficient (Wildman–Crippen LogP) is 1.98. The first-order valence-corrected chi connectivity index (χ1v) is 7.55. The van der Waals surface area contributed by atoms with Crippen molar-refractivity contribution < 1.29 is 19.8 Å². The monoisotopic (exact) mass is 325 g/mol. The molecule has 0 aliphatic carbocycles. The van der Waals surface area contributed by atoms with Crippen LogP contribution in [0.3, 0.4) is 0 Å². The average Bonchev–Trinajstić information content (AvgIpc) is 2.87. The van der Waals surface area contributed by atoms with Crippen LogP contribution in [-0.4, -0.2) is 38.0 Å². The standard InChI is InChI=1S/C12H11N3O4S2/c1-6-3-2-4-7(9(6)18)10(19)13-11-14-15-12(21-11)20-5-8(16)17/h2-4,18H,5H2,1H3,(H,16,17)(H,13,14,19). The zero-order chi connectivity index (χ0) is 15.4. The number of benzene rings is 1. The van der Waals surface area contributed by atoms with E-state index in [1.807, 2.05) is 0 Å². The molecule has 110 valence electrons. The molecule has 0 fully saturated rings. The lowest BCUT2D eigenvalue weighted by molar-refractivity contribution is -0.133. The number of carboxylic acids is 1. The molecule has 0 aliphatic rings. The third kappa shape index (κ3) is 3.92. The van der Waals surface area contributed by atoms with Crippen molar-refractivity contribution in [1.29, 1.82) is 0 Å². The molecule has 21 heavy (non-hydrogen) atoms. The van der Waals surface area contributed by atoms with Crippen LogP contribution in [0.15, 0.2) is 22.5 Å². The van der Waals surface area contributed by atoms with E-state index in [2.05, 4.69) is 15.5 Å². The summed E-state index contributed by atoms with van der Waals surface area (Å²) in [7, 11) is 0. The first-order chi connectivity index (χ1) is 9.97. The SMILES string of the molecule is Cc1cccc(C(=O)Nc2nnc(SCC(=O)O)s2)c1O. The van der Waals surface area contributed by atoms with E-state index in [0.29, 0.717) is 9.90 Å². The lowest BCUT2D eigenvalue weighted by Gasteiger charge is -2.05. The van der Waals surface area contributed by atoms with Gasteiger partial charge in [-0.15, -0.1) is 10.2 Å². The maximum absolute atomic E-state index is 12.0. The Morgan fingerprint density at radius 3 is 2.86 bits per heavy atom. The number of amides is 1. The number of hydrogen-bond acceptors (Lipinski definition) is 7. The van der Waals surface area contributed by atoms with Crippen LogP contribution in [0, 0.1) is 6.92 Å². The number of carbonyl (C=O) groups is 2. The summed E-state index contributed by atoms with van der Waals surface area (Å²) in [5.41, 5.74) is 0.738. The maximum Gasteiger partial charge on any atom is 0.313 e. The molecule has 1 heterocycles. The molecule has 3 N–H and O–H groups in total. The van der Waals surface area contributed by atoms with Crippen molar-refractivity contribution in [2.45, 2.75) is 11.3 Å². The summed E-state index contributed by atoms with van der Waals surface area (Å²) < 4.78 is 0.446. The minimum Gasteiger partial charge on any atom is -0.507 e. The highest BCUT2D eigenvalue weighted by Crippen LogP contribution is 2.27. The van der Waals surface area contributed by atoms with Crippen LogP contribution >= 0.6 is 23.1 Å². The number of aliphatic carboxylic acids is 1. The van der Waals surface area contributed by atoms with Gasteiger partial charge in [-0.05, 0) is 18.6 Å². The van der Waals surface area contributed by atoms with Crippen molar-refractivity contribution in [3.8, 4) is 5.75 Å². The Morgan fingerprint density at radius 1 is 1.38 bits per heavy atom. The molecule has 1 aromatic carbocycles. The molecular weight excluding hydrogens is 314 g/mol. The zero-order valence-corrected chi connectivity index (χ0v) is 12.5. The van der Waals surface area contributed by atoms with E-state index in [4.69, 9.17) is 5.11 Å². The summed E-state index contributed by atoms with van der Waals surface area (Å²) in [6, 6.07) is 4.86. The lowest BCUT2D eigenvalue weighted by Crippen LogP contribution is -2.12. The van der Waals surface area contributed by atoms with Gasteiger partial charge in [0.15, 0.2) is 4.34 Å². The molecule has 9 heteroatoms. The number of nitrogens with one attached hydrogen (secondary N) is 1. The molecule has 0 atom stereocenters. The Bertz CT molecular complexity index is 687. The molecule has 2 aromatic rings. The third-order valence-electron chi connectivity index (χ3n) is 2.43. The van der Waals surface area contributed by atoms with Gasteiger partial charge in [-0.1, -0.05) is 35.2 Å². The van der Waals surface area contributed by atoms with Crippen LogP contribution in [0.25, 0.3) is 0 Å². The van der Waals surface area contributed by atoms with Gasteiger partial charge in [0, 0.05) is 0 Å². The highest BCUT2D eigenvalue weighted by Gasteiger charge is 2.15. The van der Waals surface area contributed by atoms with Gasteiger partial charge >= 0.3 is 5.97 Å². The Hall–Kier alpha value is -2.13. The van der Waals surface area contributed by atoms with E-state index in [9.17, 15) is 14.7 Å². The number of phenols is 1. The number of rotatable bonds is 5. The quantitative estimate of drug-likeness (QED) is 0.569. The molecule has 7 nitrogen and oxygen atoms in total. The molecular formula is C12H11N3O4S2. The van der Waals surface area contributed by atoms with Gasteiger partial charge in [-0.25, -0.2) is 0 Å². The van der Waals surface area contributed by atoms with E-state index in [1.54, 1.807) is 19.1 Å². The smallest absolute Gasteiger partial charge is 0.313 e. The van der Waals surface area contributed by atoms with Gasteiger partial charge in [-0.2, -0.15) is 0 Å². The van der Waals surface area contributed by atoms with Crippen molar-refractivity contribution in [1.82, 2.24) is 10.2 Å². The fourth-order valence-electron chi connectivity index (χ4n) is 1.45. The fourth-order valence-corrected chi connectivity index (χ4v) is 2.92. The summed E-state index contributed by atoms with van der Waals surface area (Å²) >= 11 is 2.09. The minimum absolute atomic E-state index is 0.0833. The van der Waals surface area contributed by atoms with Gasteiger partial charge in [-0.3, -0.25) is 14.9 Å². The van der Waals surface area contributed by atoms with Crippen molar-refractivity contribution in [3.63, 3.8) is 0 Å². The molecule has 1 aromatic heterocycles. The van der Waals surface area contributed by atoms with E-state index in [-0.39, 0.29) is 22.2 Å². The number of aromatic hydroxyl groups is 1. The largest absolute Gasteiger partial charge is 0.507 e. The molecule has 0 bridgehead atoms. The molecule has 2 rings (SSSR count). The highest BCUT2D eigenvalue weighted by atomic mass is 32.2. The summed E-state index contributed by atoms with van der Waals surface area (Å²) in [5, 5.41) is 28.7. The zero-order valence-electron chi connectivity index (χ0n) is 10.9. The fraction of sp³-hybridized carbons (Fsp3) is 0.167. The van der Waals surface area contributed by atoms with Crippen LogP contribution in [0.2, 0.25) is 0 Å². The first-order valence-electron chi connectivity index (χ1n) is 5.75. The van der Waals surface area contributed by atoms with Crippen molar-refractivity contribution >= 4 is 40.1 Å². The van der Waals surface area contributed by atoms with Crippen molar-refractivity contribution in [2.24, 2.45) is 0 Å². The van der Waals surface area contributed by atoms with E-state index >= 15 is 0 Å². The van der Waals surface area contributed by atoms with Crippen LogP contribution in [0.5, 0.6) is 5.75 Å². The van der Waals surface area contributed by atoms with E-state index < -0.39 is 11.9 Å². The van der Waals surface area contributed by atoms with E-state index in [1.165, 1.54) is 6.07 Å². The number of carbonyl (C=O) groups excluding carboxylic acids is 1. The highest BCUT2D eigenvalue weighted by molar-refractivity contribution is 8.01. The van der Waals surface area contributed by atoms with Gasteiger partial charge in [0.25, 0.3) is 5.91 Å². The van der Waals surface area contributed by atoms with Gasteiger partial charge < -0.3 is 10.2 Å². The molecule has 0 radical (unpaired) electrons. The molecule has 0 saturated carbocycles. The second-order valence-corrected chi connectivity index (χ2v) is 6.18. The Morgan fingerprint density at radius 2 is 2.14 bits per heavy atom. The minimum atomic E-state index is -0.953. The molecule has 0 unspecified atom stereocenters. The topological polar surface area (TPSA) is 112 Å². The van der Waals surface area contributed by atoms with E-state index in [0.717, 1.165) is 23.1 Å². The number of thioether (sulfide) groups is 1. The van der Waals surface area contributed by atoms with Gasteiger partial charge in [0.2, 0.25) is 5.13 Å². The summed E-state index contributed by atoms with van der Waals surface area (Å²) in [5.74, 6) is -1.66. The normalized spacial score (nSPS) is 10.3. The number of aryl methyl sites for hydroxylation is 1. The Balaban J connectivity index is 2.06. The average molecular weight is 325 g/mol. The number of aromatic nitrogens is 2. The number of hydrogen-bond donors (Lipinski definition) is 3. The molecule has 0 aliphatic heterocycles. The summed E-state index contributed by atoms with van der Waals surface area (Å²) in [6.45, 7) is 1.69. The molecule has 0 spiro atoms. The lowest BCUT2D eigenvalue weighted by atomic mass is 10.1. The van der Waals surface area contributed by atoms with Gasteiger partial charge in [0.1, 0.15) is 5.75 Å². The second-order valence-electron chi connectivity index (χ2n) is 3.98. The number of para-hydroxylation sites is 1. The van der Waals surface area contributed by atoms with Crippen LogP contribution in [0.1, 0.15) is 15.9 Å². The number of carboxylic acid groups (broad SMARTS) is 1. The number of nitrogens with zero attached hydrogens (tertiary/aromatic N) is 2. The number of phenolic OH excluding ortho intramolecular Hbond substituents is 1. The first kappa shape index (κ1) is 15.3. The molecule has 0 saturated heterocycles. The summed E-state index contributed by atoms with van der Waals surface area (Å²) in [6.07, 6.45) is 0. The Kier molecular flexibility index (Phi) is 4.76. The predicted molar refractivity (Wildman–Crippen MR) is 79.1 cm³/mol. The van der Waals surface area contributed by atoms with Gasteiger partial charge in [0.05, 0.1) is 11.3 Å². The van der Waals surface area contributed by atoms with Crippen LogP contribution in [0.4, 0.5) is 5.13 Å². The van der Waals surface area contributed by atoms with Crippen molar-refractivity contribution in [2.75, 3.05) is 11.1 Å². The second kappa shape index (κ2) is 6.55. The van der Waals surface area contributed by atoms with Crippen LogP contribution in [-0.2, 0) is 4.79 Å². The molecule has 1 amide bonds. The summed E-state index contributed by atoms with van der Waals surface area (Å²) in [4.78, 5) is 22.5. The maximum atomic E-state index is 12.0. The van der Waals surface area contributed by atoms with Crippen molar-refractivity contribution in [3.05, 3.63) is 29.3 Å². The Labute approximate surface area is 128 Å².